The molecule has 0 bridgehead atoms. The lowest BCUT2D eigenvalue weighted by molar-refractivity contribution is -0.106. The van der Waals surface area contributed by atoms with E-state index in [1.807, 2.05) is 37.3 Å². The van der Waals surface area contributed by atoms with Gasteiger partial charge in [0, 0.05) is 0 Å². The maximum Gasteiger partial charge on any atom is 0.119 e. The van der Waals surface area contributed by atoms with E-state index in [0.717, 1.165) is 54.3 Å². The average molecular weight is 482 g/mol. The second-order valence-electron chi connectivity index (χ2n) is 9.17. The molecule has 2 aromatic carbocycles. The molecule has 0 saturated heterocycles. The van der Waals surface area contributed by atoms with Crippen LogP contribution >= 0.6 is 0 Å². The van der Waals surface area contributed by atoms with Gasteiger partial charge in [0.1, 0.15) is 17.9 Å². The lowest BCUT2D eigenvalue weighted by atomic mass is 10.1. The summed E-state index contributed by atoms with van der Waals surface area (Å²) < 4.78 is 5.71. The molecular weight excluding hydrogens is 434 g/mol. The summed E-state index contributed by atoms with van der Waals surface area (Å²) in [6, 6.07) is 16.6. The highest BCUT2D eigenvalue weighted by molar-refractivity contribution is 5.75. The first-order valence-corrected chi connectivity index (χ1v) is 13.2. The zero-order valence-electron chi connectivity index (χ0n) is 22.6. The molecule has 2 N–H and O–H groups in total. The Kier molecular flexibility index (Phi) is 17.0. The van der Waals surface area contributed by atoms with Gasteiger partial charge in [-0.3, -0.25) is 0 Å². The fourth-order valence-corrected chi connectivity index (χ4v) is 3.52. The number of hydrogen-bond donors (Lipinski definition) is 2. The van der Waals surface area contributed by atoms with Crippen LogP contribution in [0.4, 0.5) is 0 Å². The van der Waals surface area contributed by atoms with Gasteiger partial charge in [-0.15, -0.1) is 0 Å². The summed E-state index contributed by atoms with van der Waals surface area (Å²) in [5, 5.41) is 3.37. The minimum Gasteiger partial charge on any atom is -0.494 e. The molecule has 0 radical (unpaired) electrons. The Bertz CT molecular complexity index is 906. The Hall–Kier alpha value is -2.66. The molecule has 5 heteroatoms. The van der Waals surface area contributed by atoms with Crippen LogP contribution in [0.15, 0.2) is 48.5 Å². The van der Waals surface area contributed by atoms with Gasteiger partial charge >= 0.3 is 0 Å². The van der Waals surface area contributed by atoms with Crippen LogP contribution in [0.3, 0.4) is 0 Å². The van der Waals surface area contributed by atoms with E-state index in [1.54, 1.807) is 0 Å². The number of nitrogens with one attached hydrogen (secondary N) is 2. The number of benzene rings is 2. The van der Waals surface area contributed by atoms with E-state index in [1.165, 1.54) is 57.7 Å². The van der Waals surface area contributed by atoms with Gasteiger partial charge in [-0.25, -0.2) is 4.98 Å². The number of rotatable bonds is 13. The molecule has 194 valence electrons. The van der Waals surface area contributed by atoms with Crippen molar-refractivity contribution in [3.63, 3.8) is 0 Å². The summed E-state index contributed by atoms with van der Waals surface area (Å²) in [6.07, 6.45) is 9.25. The maximum absolute atomic E-state index is 8.81. The van der Waals surface area contributed by atoms with Gasteiger partial charge in [0.25, 0.3) is 0 Å². The normalized spacial score (nSPS) is 10.3. The summed E-state index contributed by atoms with van der Waals surface area (Å²) in [5.41, 5.74) is 3.60. The zero-order valence-corrected chi connectivity index (χ0v) is 22.6. The highest BCUT2D eigenvalue weighted by Gasteiger charge is 2.01. The molecule has 0 amide bonds. The number of fused-ring (bicyclic) bond motifs is 1. The van der Waals surface area contributed by atoms with Crippen LogP contribution in [0.25, 0.3) is 11.0 Å². The SMILES string of the molecule is CC=O.CCCNCCC(C)C.Cc1nc2ccc(CCCCCCOc3ccccc3)cc2[nH]1. The molecule has 0 aliphatic heterocycles. The van der Waals surface area contributed by atoms with Crippen LogP contribution in [0, 0.1) is 12.8 Å². The van der Waals surface area contributed by atoms with Crippen molar-refractivity contribution in [3.8, 4) is 5.75 Å². The number of carbonyl (C=O) groups is 1. The molecular formula is C30H47N3O2. The van der Waals surface area contributed by atoms with E-state index in [-0.39, 0.29) is 0 Å². The first-order valence-electron chi connectivity index (χ1n) is 13.2. The molecule has 0 saturated carbocycles. The molecule has 5 nitrogen and oxygen atoms in total. The van der Waals surface area contributed by atoms with Crippen LogP contribution in [-0.4, -0.2) is 36.0 Å². The van der Waals surface area contributed by atoms with Crippen LogP contribution in [0.1, 0.15) is 77.6 Å². The van der Waals surface area contributed by atoms with Crippen molar-refractivity contribution in [1.82, 2.24) is 15.3 Å². The number of unbranched alkanes of at least 4 members (excludes halogenated alkanes) is 3. The third kappa shape index (κ3) is 15.0. The minimum atomic E-state index is 0.750. The van der Waals surface area contributed by atoms with Crippen molar-refractivity contribution in [2.24, 2.45) is 5.92 Å². The molecule has 0 aliphatic rings. The van der Waals surface area contributed by atoms with Crippen LogP contribution < -0.4 is 10.1 Å². The Morgan fingerprint density at radius 1 is 1.03 bits per heavy atom. The van der Waals surface area contributed by atoms with Gasteiger partial charge in [0.2, 0.25) is 0 Å². The summed E-state index contributed by atoms with van der Waals surface area (Å²) >= 11 is 0. The van der Waals surface area contributed by atoms with E-state index < -0.39 is 0 Å². The van der Waals surface area contributed by atoms with Gasteiger partial charge < -0.3 is 19.8 Å². The molecule has 0 aliphatic carbocycles. The molecule has 0 atom stereocenters. The predicted molar refractivity (Wildman–Crippen MR) is 149 cm³/mol. The van der Waals surface area contributed by atoms with Gasteiger partial charge in [0.05, 0.1) is 17.6 Å². The Balaban J connectivity index is 0.000000429. The average Bonchev–Trinajstić information content (AvgIpc) is 3.22. The van der Waals surface area contributed by atoms with Gasteiger partial charge in [0.15, 0.2) is 0 Å². The number of aromatic amines is 1. The van der Waals surface area contributed by atoms with Crippen molar-refractivity contribution >= 4 is 17.3 Å². The topological polar surface area (TPSA) is 67.0 Å². The molecule has 35 heavy (non-hydrogen) atoms. The molecule has 1 heterocycles. The van der Waals surface area contributed by atoms with E-state index in [4.69, 9.17) is 9.53 Å². The fraction of sp³-hybridized carbons (Fsp3) is 0.533. The van der Waals surface area contributed by atoms with E-state index in [9.17, 15) is 0 Å². The lowest BCUT2D eigenvalue weighted by Gasteiger charge is -2.06. The van der Waals surface area contributed by atoms with Crippen molar-refractivity contribution in [1.29, 1.82) is 0 Å². The van der Waals surface area contributed by atoms with E-state index in [2.05, 4.69) is 54.3 Å². The number of carbonyl (C=O) groups excluding carboxylic acids is 1. The predicted octanol–water partition coefficient (Wildman–Crippen LogP) is 7.29. The van der Waals surface area contributed by atoms with E-state index >= 15 is 0 Å². The second-order valence-corrected chi connectivity index (χ2v) is 9.17. The summed E-state index contributed by atoms with van der Waals surface area (Å²) in [7, 11) is 0. The third-order valence-corrected chi connectivity index (χ3v) is 5.36. The molecule has 0 spiro atoms. The van der Waals surface area contributed by atoms with Crippen LogP contribution in [0.5, 0.6) is 5.75 Å². The van der Waals surface area contributed by atoms with Crippen LogP contribution in [0.2, 0.25) is 0 Å². The smallest absolute Gasteiger partial charge is 0.119 e. The standard InChI is InChI=1S/C20H24N2O.C8H19N.C2H4O/c1-16-21-19-13-12-17(15-20(19)22-16)9-5-2-3-8-14-23-18-10-6-4-7-11-18;1-4-6-9-7-5-8(2)3;1-2-3/h4,6-7,10-13,15H,2-3,5,8-9,14H2,1H3,(H,21,22);8-9H,4-7H2,1-3H3;2H,1H3. The number of hydrogen-bond acceptors (Lipinski definition) is 4. The lowest BCUT2D eigenvalue weighted by Crippen LogP contribution is -2.17. The number of para-hydroxylation sites is 1. The number of aldehydes is 1. The largest absolute Gasteiger partial charge is 0.494 e. The van der Waals surface area contributed by atoms with Crippen molar-refractivity contribution in [2.45, 2.75) is 79.6 Å². The molecule has 0 fully saturated rings. The maximum atomic E-state index is 8.81. The first kappa shape index (κ1) is 30.4. The number of ether oxygens (including phenoxy) is 1. The monoisotopic (exact) mass is 481 g/mol. The Labute approximate surface area is 213 Å². The summed E-state index contributed by atoms with van der Waals surface area (Å²) in [5.74, 6) is 2.79. The molecule has 1 aromatic heterocycles. The number of nitrogens with zero attached hydrogens (tertiary/aromatic N) is 1. The minimum absolute atomic E-state index is 0.750. The van der Waals surface area contributed by atoms with Gasteiger partial charge in [-0.1, -0.05) is 57.9 Å². The fourth-order valence-electron chi connectivity index (χ4n) is 3.52. The quantitative estimate of drug-likeness (QED) is 0.199. The van der Waals surface area contributed by atoms with Gasteiger partial charge in [-0.2, -0.15) is 0 Å². The van der Waals surface area contributed by atoms with Crippen molar-refractivity contribution in [2.75, 3.05) is 19.7 Å². The zero-order chi connectivity index (χ0) is 25.7. The highest BCUT2D eigenvalue weighted by atomic mass is 16.5. The summed E-state index contributed by atoms with van der Waals surface area (Å²) in [4.78, 5) is 16.6. The molecule has 3 rings (SSSR count). The Morgan fingerprint density at radius 2 is 1.74 bits per heavy atom. The van der Waals surface area contributed by atoms with Crippen molar-refractivity contribution in [3.05, 3.63) is 59.9 Å². The number of aromatic nitrogens is 2. The van der Waals surface area contributed by atoms with E-state index in [0.29, 0.717) is 0 Å². The van der Waals surface area contributed by atoms with Crippen LogP contribution in [-0.2, 0) is 11.2 Å². The summed E-state index contributed by atoms with van der Waals surface area (Å²) in [6.45, 7) is 13.3. The molecule has 0 unspecified atom stereocenters. The Morgan fingerprint density at radius 3 is 2.43 bits per heavy atom. The van der Waals surface area contributed by atoms with Gasteiger partial charge in [-0.05, 0) is 94.8 Å². The van der Waals surface area contributed by atoms with Crippen molar-refractivity contribution < 1.29 is 9.53 Å². The number of aryl methyl sites for hydroxylation is 2. The number of H-pyrrole nitrogens is 1. The first-order chi connectivity index (χ1) is 17.0. The third-order valence-electron chi connectivity index (χ3n) is 5.36. The molecule has 3 aromatic rings. The second kappa shape index (κ2) is 19.6. The highest BCUT2D eigenvalue weighted by Crippen LogP contribution is 2.16. The number of imidazole rings is 1.